The van der Waals surface area contributed by atoms with E-state index in [9.17, 15) is 52.7 Å². The molecule has 0 aliphatic carbocycles. The van der Waals surface area contributed by atoms with Gasteiger partial charge < -0.3 is 0 Å². The first-order valence-electron chi connectivity index (χ1n) is 11.4. The number of rotatable bonds is 10. The molecule has 16 heteroatoms. The summed E-state index contributed by atoms with van der Waals surface area (Å²) in [5.41, 5.74) is -3.24. The Bertz CT molecular complexity index is 1380. The van der Waals surface area contributed by atoms with E-state index in [0.29, 0.717) is 18.2 Å². The summed E-state index contributed by atoms with van der Waals surface area (Å²) < 4.78 is 144. The molecule has 2 atom stereocenters. The molecular formula is C25H20Cl3F9O3S. The molecule has 0 aliphatic rings. The topological polar surface area (TPSA) is 51.2 Å². The van der Waals surface area contributed by atoms with Crippen LogP contribution in [0.3, 0.4) is 0 Å². The van der Waals surface area contributed by atoms with Crippen molar-refractivity contribution in [1.82, 2.24) is 0 Å². The van der Waals surface area contributed by atoms with Gasteiger partial charge in [-0.25, -0.2) is 8.42 Å². The lowest BCUT2D eigenvalue weighted by molar-refractivity contribution is -0.139. The number of hydrogen-bond acceptors (Lipinski definition) is 3. The molecule has 228 valence electrons. The van der Waals surface area contributed by atoms with Crippen molar-refractivity contribution < 1.29 is 52.7 Å². The molecule has 2 rings (SSSR count). The van der Waals surface area contributed by atoms with Gasteiger partial charge in [0.15, 0.2) is 15.6 Å². The van der Waals surface area contributed by atoms with E-state index < -0.39 is 80.6 Å². The van der Waals surface area contributed by atoms with Gasteiger partial charge in [0.05, 0.1) is 32.3 Å². The van der Waals surface area contributed by atoms with Crippen LogP contribution < -0.4 is 0 Å². The van der Waals surface area contributed by atoms with Gasteiger partial charge in [-0.3, -0.25) is 4.79 Å². The Labute approximate surface area is 244 Å². The van der Waals surface area contributed by atoms with Crippen LogP contribution in [0.1, 0.15) is 52.7 Å². The minimum atomic E-state index is -5.15. The average molecular weight is 678 g/mol. The molecule has 2 aromatic carbocycles. The van der Waals surface area contributed by atoms with E-state index in [-0.39, 0.29) is 27.1 Å². The Morgan fingerprint density at radius 3 is 1.95 bits per heavy atom. The van der Waals surface area contributed by atoms with Gasteiger partial charge in [-0.15, -0.1) is 0 Å². The largest absolute Gasteiger partial charge is 0.417 e. The van der Waals surface area contributed by atoms with Crippen LogP contribution in [-0.2, 0) is 16.0 Å². The molecule has 0 bridgehead atoms. The van der Waals surface area contributed by atoms with Gasteiger partial charge in [-0.05, 0) is 35.2 Å². The van der Waals surface area contributed by atoms with Crippen molar-refractivity contribution in [3.05, 3.63) is 73.7 Å². The lowest BCUT2D eigenvalue weighted by atomic mass is 9.92. The maximum atomic E-state index is 13.8. The molecule has 0 heterocycles. The summed E-state index contributed by atoms with van der Waals surface area (Å²) in [5, 5.41) is -0.758. The number of hydrogen-bond donors (Lipinski definition) is 0. The molecule has 0 saturated heterocycles. The highest BCUT2D eigenvalue weighted by atomic mass is 35.5. The Kier molecular flexibility index (Phi) is 11.3. The molecule has 0 aliphatic heterocycles. The SMILES string of the molecule is CC[C@@H](CC(=O)c1ccc(/C=C/C(c2cc(Cl)c(Cl)c(Cl)c2)C(F)(F)F)cc1C(F)(F)F)CS(=O)(=O)CC(F)(F)F. The first-order valence-corrected chi connectivity index (χ1v) is 14.4. The summed E-state index contributed by atoms with van der Waals surface area (Å²) in [6.07, 6.45) is -14.7. The first kappa shape index (κ1) is 35.2. The summed E-state index contributed by atoms with van der Waals surface area (Å²) in [7, 11) is -4.71. The zero-order valence-electron chi connectivity index (χ0n) is 20.7. The highest BCUT2D eigenvalue weighted by molar-refractivity contribution is 7.91. The Morgan fingerprint density at radius 1 is 0.927 bits per heavy atom. The lowest BCUT2D eigenvalue weighted by Crippen LogP contribution is -2.29. The fourth-order valence-electron chi connectivity index (χ4n) is 3.88. The number of Topliss-reactive ketones (excluding diaryl/α,β-unsaturated/α-hetero) is 1. The molecule has 0 aromatic heterocycles. The van der Waals surface area contributed by atoms with Gasteiger partial charge in [0, 0.05) is 12.0 Å². The summed E-state index contributed by atoms with van der Waals surface area (Å²) in [4.78, 5) is 12.7. The third-order valence-electron chi connectivity index (χ3n) is 5.77. The van der Waals surface area contributed by atoms with Crippen LogP contribution in [0.5, 0.6) is 0 Å². The van der Waals surface area contributed by atoms with E-state index >= 15 is 0 Å². The third-order valence-corrected chi connectivity index (χ3v) is 8.72. The number of sulfone groups is 1. The Balaban J connectivity index is 2.42. The van der Waals surface area contributed by atoms with Gasteiger partial charge >= 0.3 is 18.5 Å². The average Bonchev–Trinajstić information content (AvgIpc) is 2.78. The molecule has 1 unspecified atom stereocenters. The van der Waals surface area contributed by atoms with Crippen LogP contribution >= 0.6 is 34.8 Å². The molecule has 3 nitrogen and oxygen atoms in total. The minimum absolute atomic E-state index is 0.122. The summed E-state index contributed by atoms with van der Waals surface area (Å²) in [6, 6.07) is 3.89. The highest BCUT2D eigenvalue weighted by Gasteiger charge is 2.40. The molecule has 0 saturated carbocycles. The van der Waals surface area contributed by atoms with E-state index in [0.717, 1.165) is 24.3 Å². The fourth-order valence-corrected chi connectivity index (χ4v) is 6.18. The van der Waals surface area contributed by atoms with Crippen molar-refractivity contribution in [2.45, 2.75) is 44.2 Å². The predicted molar refractivity (Wildman–Crippen MR) is 138 cm³/mol. The number of alkyl halides is 9. The van der Waals surface area contributed by atoms with E-state index in [1.54, 1.807) is 0 Å². The van der Waals surface area contributed by atoms with E-state index in [1.807, 2.05) is 0 Å². The van der Waals surface area contributed by atoms with Crippen molar-refractivity contribution in [1.29, 1.82) is 0 Å². The minimum Gasteiger partial charge on any atom is -0.294 e. The standard InChI is InChI=1S/C25H20Cl3F9O3S/c1-2-13(11-41(39,40)12-23(29,30)31)8-21(38)16-5-3-14(7-18(16)25(35,36)37)4-6-17(24(32,33)34)15-9-19(26)22(28)20(27)10-15/h3-7,9-10,13,17H,2,8,11-12H2,1H3/b6-4+/t13-,17?/m0/s1. The molecule has 41 heavy (non-hydrogen) atoms. The number of carbonyl (C=O) groups is 1. The molecular weight excluding hydrogens is 658 g/mol. The van der Waals surface area contributed by atoms with Gasteiger partial charge in [0.2, 0.25) is 0 Å². The zero-order chi connectivity index (χ0) is 31.6. The van der Waals surface area contributed by atoms with Crippen molar-refractivity contribution in [2.75, 3.05) is 11.5 Å². The van der Waals surface area contributed by atoms with E-state index in [2.05, 4.69) is 0 Å². The normalized spacial score (nSPS) is 14.9. The quantitative estimate of drug-likeness (QED) is 0.143. The molecule has 2 aromatic rings. The maximum absolute atomic E-state index is 13.8. The van der Waals surface area contributed by atoms with E-state index in [4.69, 9.17) is 34.8 Å². The van der Waals surface area contributed by atoms with Gasteiger partial charge in [-0.1, -0.05) is 72.4 Å². The first-order chi connectivity index (χ1) is 18.5. The number of allylic oxidation sites excluding steroid dienone is 1. The smallest absolute Gasteiger partial charge is 0.294 e. The fraction of sp³-hybridized carbons (Fsp3) is 0.400. The van der Waals surface area contributed by atoms with Crippen LogP contribution in [0.4, 0.5) is 39.5 Å². The number of benzene rings is 2. The summed E-state index contributed by atoms with van der Waals surface area (Å²) in [6.45, 7) is 1.36. The highest BCUT2D eigenvalue weighted by Crippen LogP contribution is 2.41. The molecule has 0 N–H and O–H groups in total. The van der Waals surface area contributed by atoms with Gasteiger partial charge in [0.25, 0.3) is 0 Å². The molecule has 0 amide bonds. The monoisotopic (exact) mass is 676 g/mol. The number of carbonyl (C=O) groups excluding carboxylic acids is 1. The lowest BCUT2D eigenvalue weighted by Gasteiger charge is -2.19. The van der Waals surface area contributed by atoms with Crippen molar-refractivity contribution in [3.63, 3.8) is 0 Å². The predicted octanol–water partition coefficient (Wildman–Crippen LogP) is 9.60. The zero-order valence-corrected chi connectivity index (χ0v) is 23.8. The molecule has 0 radical (unpaired) electrons. The maximum Gasteiger partial charge on any atom is 0.417 e. The van der Waals surface area contributed by atoms with Crippen LogP contribution in [0.2, 0.25) is 15.1 Å². The van der Waals surface area contributed by atoms with Crippen LogP contribution in [-0.4, -0.2) is 38.1 Å². The summed E-state index contributed by atoms with van der Waals surface area (Å²) >= 11 is 17.4. The second-order valence-corrected chi connectivity index (χ2v) is 12.4. The molecule has 0 spiro atoms. The second-order valence-electron chi connectivity index (χ2n) is 9.05. The van der Waals surface area contributed by atoms with Crippen LogP contribution in [0.15, 0.2) is 36.4 Å². The third kappa shape index (κ3) is 10.4. The van der Waals surface area contributed by atoms with Crippen LogP contribution in [0, 0.1) is 5.92 Å². The second kappa shape index (κ2) is 13.1. The van der Waals surface area contributed by atoms with Crippen molar-refractivity contribution in [3.8, 4) is 0 Å². The van der Waals surface area contributed by atoms with Gasteiger partial charge in [-0.2, -0.15) is 39.5 Å². The molecule has 0 fully saturated rings. The van der Waals surface area contributed by atoms with Crippen molar-refractivity contribution in [2.24, 2.45) is 5.92 Å². The Morgan fingerprint density at radius 2 is 1.49 bits per heavy atom. The van der Waals surface area contributed by atoms with Gasteiger partial charge in [0.1, 0.15) is 5.75 Å². The van der Waals surface area contributed by atoms with E-state index in [1.165, 1.54) is 6.92 Å². The Hall–Kier alpha value is -1.96. The van der Waals surface area contributed by atoms with Crippen LogP contribution in [0.25, 0.3) is 6.08 Å². The summed E-state index contributed by atoms with van der Waals surface area (Å²) in [5.74, 6) is -7.97. The number of halogens is 12. The number of ketones is 1. The van der Waals surface area contributed by atoms with Crippen molar-refractivity contribution >= 4 is 56.5 Å².